The summed E-state index contributed by atoms with van der Waals surface area (Å²) >= 11 is 0. The fraction of sp³-hybridized carbons (Fsp3) is 0.600. The zero-order chi connectivity index (χ0) is 6.57. The fourth-order valence-corrected chi connectivity index (χ4v) is 0.293. The van der Waals surface area contributed by atoms with Crippen LogP contribution in [0.15, 0.2) is 12.0 Å². The molecule has 3 heteroatoms. The molecule has 0 rings (SSSR count). The van der Waals surface area contributed by atoms with Crippen LogP contribution in [0.4, 0.5) is 0 Å². The maximum atomic E-state index is 8.59. The summed E-state index contributed by atoms with van der Waals surface area (Å²) in [5, 5.41) is 8.59. The molecule has 0 amide bonds. The minimum Gasteiger partial charge on any atom is -0.481 e. The van der Waals surface area contributed by atoms with Crippen LogP contribution in [0.2, 0.25) is 0 Å². The number of hydrogen-bond donors (Lipinski definition) is 2. The molecule has 0 heterocycles. The summed E-state index contributed by atoms with van der Waals surface area (Å²) in [7, 11) is 1.38. The quantitative estimate of drug-likeness (QED) is 0.514. The summed E-state index contributed by atoms with van der Waals surface area (Å²) in [5.41, 5.74) is 5.25. The zero-order valence-corrected chi connectivity index (χ0v) is 5.09. The molecule has 48 valence electrons. The first-order chi connectivity index (χ1) is 3.66. The van der Waals surface area contributed by atoms with Crippen LogP contribution in [0.25, 0.3) is 0 Å². The molecule has 3 N–H and O–H groups in total. The van der Waals surface area contributed by atoms with Gasteiger partial charge >= 0.3 is 0 Å². The lowest BCUT2D eigenvalue weighted by Crippen LogP contribution is -2.11. The van der Waals surface area contributed by atoms with E-state index in [1.54, 1.807) is 6.92 Å². The smallest absolute Gasteiger partial charge is 0.273 e. The molecule has 0 aromatic carbocycles. The van der Waals surface area contributed by atoms with Crippen molar-refractivity contribution in [1.29, 1.82) is 0 Å². The first-order valence-electron chi connectivity index (χ1n) is 2.37. The van der Waals surface area contributed by atoms with Gasteiger partial charge in [0.1, 0.15) is 0 Å². The molecule has 0 spiro atoms. The predicted molar refractivity (Wildman–Crippen MR) is 31.4 cm³/mol. The van der Waals surface area contributed by atoms with Gasteiger partial charge in [0.2, 0.25) is 0 Å². The molecule has 3 nitrogen and oxygen atoms in total. The second kappa shape index (κ2) is 3.32. The van der Waals surface area contributed by atoms with Crippen LogP contribution in [-0.2, 0) is 4.74 Å². The number of ether oxygens (including phenoxy) is 1. The third-order valence-corrected chi connectivity index (χ3v) is 0.615. The van der Waals surface area contributed by atoms with Crippen LogP contribution in [0.1, 0.15) is 6.92 Å². The van der Waals surface area contributed by atoms with E-state index in [1.165, 1.54) is 13.2 Å². The van der Waals surface area contributed by atoms with E-state index in [0.717, 1.165) is 0 Å². The SMILES string of the molecule is COC(O)=CC(C)N. The summed E-state index contributed by atoms with van der Waals surface area (Å²) in [6, 6.07) is -0.157. The Morgan fingerprint density at radius 2 is 2.38 bits per heavy atom. The molecule has 1 unspecified atom stereocenters. The molecule has 0 aliphatic heterocycles. The monoisotopic (exact) mass is 117 g/mol. The number of methoxy groups -OCH3 is 1. The molecule has 0 fully saturated rings. The van der Waals surface area contributed by atoms with Crippen molar-refractivity contribution in [3.63, 3.8) is 0 Å². The largest absolute Gasteiger partial charge is 0.481 e. The van der Waals surface area contributed by atoms with E-state index >= 15 is 0 Å². The first-order valence-corrected chi connectivity index (χ1v) is 2.37. The normalized spacial score (nSPS) is 15.6. The van der Waals surface area contributed by atoms with Crippen LogP contribution in [0.3, 0.4) is 0 Å². The Balaban J connectivity index is 3.56. The van der Waals surface area contributed by atoms with Gasteiger partial charge in [0, 0.05) is 12.1 Å². The Bertz CT molecular complexity index is 88.4. The molecule has 0 aromatic rings. The summed E-state index contributed by atoms with van der Waals surface area (Å²) in [6.45, 7) is 1.75. The topological polar surface area (TPSA) is 55.5 Å². The van der Waals surface area contributed by atoms with Crippen molar-refractivity contribution in [3.8, 4) is 0 Å². The average Bonchev–Trinajstić information content (AvgIpc) is 1.65. The van der Waals surface area contributed by atoms with Gasteiger partial charge in [0.05, 0.1) is 7.11 Å². The minimum absolute atomic E-state index is 0.125. The Hall–Kier alpha value is -0.700. The van der Waals surface area contributed by atoms with Gasteiger partial charge in [0.15, 0.2) is 0 Å². The summed E-state index contributed by atoms with van der Waals surface area (Å²) in [6.07, 6.45) is 1.42. The first kappa shape index (κ1) is 7.30. The van der Waals surface area contributed by atoms with Crippen molar-refractivity contribution < 1.29 is 9.84 Å². The number of nitrogens with two attached hydrogens (primary N) is 1. The third-order valence-electron chi connectivity index (χ3n) is 0.615. The molecule has 0 aliphatic rings. The average molecular weight is 117 g/mol. The van der Waals surface area contributed by atoms with Crippen LogP contribution in [-0.4, -0.2) is 18.3 Å². The molecule has 0 aliphatic carbocycles. The van der Waals surface area contributed by atoms with Gasteiger partial charge in [-0.2, -0.15) is 0 Å². The Morgan fingerprint density at radius 3 is 2.50 bits per heavy atom. The molecule has 0 radical (unpaired) electrons. The van der Waals surface area contributed by atoms with Crippen molar-refractivity contribution in [2.24, 2.45) is 5.73 Å². The maximum Gasteiger partial charge on any atom is 0.273 e. The maximum absolute atomic E-state index is 8.59. The van der Waals surface area contributed by atoms with Crippen molar-refractivity contribution in [2.45, 2.75) is 13.0 Å². The van der Waals surface area contributed by atoms with Crippen molar-refractivity contribution in [1.82, 2.24) is 0 Å². The number of hydrogen-bond acceptors (Lipinski definition) is 3. The van der Waals surface area contributed by atoms with E-state index in [1.807, 2.05) is 0 Å². The van der Waals surface area contributed by atoms with E-state index in [0.29, 0.717) is 0 Å². The lowest BCUT2D eigenvalue weighted by atomic mass is 10.4. The zero-order valence-electron chi connectivity index (χ0n) is 5.09. The van der Waals surface area contributed by atoms with Gasteiger partial charge in [0.25, 0.3) is 5.95 Å². The van der Waals surface area contributed by atoms with Crippen LogP contribution < -0.4 is 5.73 Å². The molecule has 0 saturated carbocycles. The molecular weight excluding hydrogens is 106 g/mol. The highest BCUT2D eigenvalue weighted by atomic mass is 16.6. The highest BCUT2D eigenvalue weighted by Gasteiger charge is 1.90. The van der Waals surface area contributed by atoms with Gasteiger partial charge in [-0.1, -0.05) is 0 Å². The standard InChI is InChI=1S/C5H11NO2/c1-4(6)3-5(7)8-2/h3-4,7H,6H2,1-2H3. The van der Waals surface area contributed by atoms with Gasteiger partial charge in [-0.25, -0.2) is 0 Å². The van der Waals surface area contributed by atoms with Crippen LogP contribution >= 0.6 is 0 Å². The minimum atomic E-state index is -0.157. The second-order valence-electron chi connectivity index (χ2n) is 1.57. The Labute approximate surface area is 48.8 Å². The molecular formula is C5H11NO2. The number of aliphatic hydroxyl groups is 1. The van der Waals surface area contributed by atoms with Gasteiger partial charge in [-0.05, 0) is 6.92 Å². The molecule has 0 bridgehead atoms. The van der Waals surface area contributed by atoms with Crippen molar-refractivity contribution in [3.05, 3.63) is 12.0 Å². The predicted octanol–water partition coefficient (Wildman–Crippen LogP) is 0.379. The Kier molecular flexibility index (Phi) is 3.03. The lowest BCUT2D eigenvalue weighted by Gasteiger charge is -1.97. The van der Waals surface area contributed by atoms with Gasteiger partial charge in [-0.3, -0.25) is 0 Å². The van der Waals surface area contributed by atoms with Gasteiger partial charge < -0.3 is 15.6 Å². The van der Waals surface area contributed by atoms with Gasteiger partial charge in [-0.15, -0.1) is 0 Å². The van der Waals surface area contributed by atoms with Crippen molar-refractivity contribution in [2.75, 3.05) is 7.11 Å². The third kappa shape index (κ3) is 3.49. The second-order valence-corrected chi connectivity index (χ2v) is 1.57. The number of rotatable bonds is 2. The summed E-state index contributed by atoms with van der Waals surface area (Å²) in [4.78, 5) is 0. The highest BCUT2D eigenvalue weighted by molar-refractivity contribution is 4.88. The van der Waals surface area contributed by atoms with E-state index in [2.05, 4.69) is 4.74 Å². The fourth-order valence-electron chi connectivity index (χ4n) is 0.293. The molecule has 0 saturated heterocycles. The van der Waals surface area contributed by atoms with E-state index < -0.39 is 0 Å². The van der Waals surface area contributed by atoms with E-state index in [9.17, 15) is 0 Å². The molecule has 8 heavy (non-hydrogen) atoms. The van der Waals surface area contributed by atoms with E-state index in [4.69, 9.17) is 10.8 Å². The number of aliphatic hydroxyl groups excluding tert-OH is 1. The summed E-state index contributed by atoms with van der Waals surface area (Å²) < 4.78 is 4.40. The van der Waals surface area contributed by atoms with Crippen molar-refractivity contribution >= 4 is 0 Å². The summed E-state index contributed by atoms with van der Waals surface area (Å²) in [5.74, 6) is -0.125. The molecule has 1 atom stereocenters. The van der Waals surface area contributed by atoms with E-state index in [-0.39, 0.29) is 12.0 Å². The van der Waals surface area contributed by atoms with Crippen LogP contribution in [0.5, 0.6) is 0 Å². The molecule has 0 aromatic heterocycles. The van der Waals surface area contributed by atoms with Crippen LogP contribution in [0, 0.1) is 0 Å². The Morgan fingerprint density at radius 1 is 1.88 bits per heavy atom. The highest BCUT2D eigenvalue weighted by Crippen LogP contribution is 1.88. The lowest BCUT2D eigenvalue weighted by molar-refractivity contribution is 0.134.